The molecule has 0 radical (unpaired) electrons. The Balaban J connectivity index is 1.42. The standard InChI is InChI=1S/C13H20N2O3/c16-12(17)9-3-5-15(6-4-9)13(18)14-11-7-10(11)8-1-2-8/h8-11H,1-7H2,(H,14,18)(H,16,17)/t10-,11+/m0/s1. The predicted octanol–water partition coefficient (Wildman–Crippen LogP) is 1.29. The highest BCUT2D eigenvalue weighted by atomic mass is 16.4. The van der Waals surface area contributed by atoms with E-state index < -0.39 is 5.97 Å². The Hall–Kier alpha value is -1.26. The fourth-order valence-corrected chi connectivity index (χ4v) is 3.01. The van der Waals surface area contributed by atoms with Gasteiger partial charge in [0.05, 0.1) is 5.92 Å². The number of rotatable bonds is 3. The number of carbonyl (C=O) groups excluding carboxylic acids is 1. The van der Waals surface area contributed by atoms with E-state index in [2.05, 4.69) is 5.32 Å². The van der Waals surface area contributed by atoms with Crippen LogP contribution in [0.1, 0.15) is 32.1 Å². The first-order valence-electron chi connectivity index (χ1n) is 6.93. The van der Waals surface area contributed by atoms with Gasteiger partial charge in [-0.25, -0.2) is 4.79 Å². The second kappa shape index (κ2) is 4.44. The molecule has 3 fully saturated rings. The molecule has 2 aliphatic carbocycles. The zero-order chi connectivity index (χ0) is 12.7. The molecule has 1 aliphatic heterocycles. The summed E-state index contributed by atoms with van der Waals surface area (Å²) in [6, 6.07) is 0.397. The lowest BCUT2D eigenvalue weighted by Crippen LogP contribution is -2.46. The van der Waals surface area contributed by atoms with Crippen molar-refractivity contribution in [2.75, 3.05) is 13.1 Å². The number of carboxylic acids is 1. The largest absolute Gasteiger partial charge is 0.481 e. The topological polar surface area (TPSA) is 69.6 Å². The normalized spacial score (nSPS) is 32.1. The van der Waals surface area contributed by atoms with Gasteiger partial charge in [0.2, 0.25) is 0 Å². The average molecular weight is 252 g/mol. The van der Waals surface area contributed by atoms with Gasteiger partial charge in [0.15, 0.2) is 0 Å². The number of carbonyl (C=O) groups is 2. The van der Waals surface area contributed by atoms with Gasteiger partial charge in [-0.2, -0.15) is 0 Å². The molecule has 0 spiro atoms. The van der Waals surface area contributed by atoms with E-state index in [0.29, 0.717) is 32.0 Å². The molecule has 5 heteroatoms. The molecule has 1 heterocycles. The summed E-state index contributed by atoms with van der Waals surface area (Å²) in [5.41, 5.74) is 0. The fraction of sp³-hybridized carbons (Fsp3) is 0.846. The fourth-order valence-electron chi connectivity index (χ4n) is 3.01. The van der Waals surface area contributed by atoms with Gasteiger partial charge in [0.1, 0.15) is 0 Å². The van der Waals surface area contributed by atoms with Gasteiger partial charge in [-0.05, 0) is 43.9 Å². The SMILES string of the molecule is O=C(O)C1CCN(C(=O)N[C@@H]2C[C@H]2C2CC2)CC1. The number of aliphatic carboxylic acids is 1. The van der Waals surface area contributed by atoms with E-state index in [9.17, 15) is 9.59 Å². The lowest BCUT2D eigenvalue weighted by Gasteiger charge is -2.30. The van der Waals surface area contributed by atoms with Crippen molar-refractivity contribution in [2.24, 2.45) is 17.8 Å². The minimum absolute atomic E-state index is 0.00647. The van der Waals surface area contributed by atoms with Crippen LogP contribution in [0.25, 0.3) is 0 Å². The van der Waals surface area contributed by atoms with Crippen LogP contribution in [0.3, 0.4) is 0 Å². The third-order valence-corrected chi connectivity index (χ3v) is 4.51. The van der Waals surface area contributed by atoms with Crippen molar-refractivity contribution in [1.29, 1.82) is 0 Å². The third kappa shape index (κ3) is 2.44. The average Bonchev–Trinajstić information content (AvgIpc) is 3.22. The van der Waals surface area contributed by atoms with Crippen LogP contribution in [0.5, 0.6) is 0 Å². The van der Waals surface area contributed by atoms with Crippen LogP contribution >= 0.6 is 0 Å². The molecule has 0 unspecified atom stereocenters. The third-order valence-electron chi connectivity index (χ3n) is 4.51. The summed E-state index contributed by atoms with van der Waals surface area (Å²) < 4.78 is 0. The Bertz CT molecular complexity index is 359. The smallest absolute Gasteiger partial charge is 0.317 e. The first-order valence-corrected chi connectivity index (χ1v) is 6.93. The number of carboxylic acid groups (broad SMARTS) is 1. The Morgan fingerprint density at radius 2 is 1.78 bits per heavy atom. The molecule has 2 saturated carbocycles. The number of amides is 2. The summed E-state index contributed by atoms with van der Waals surface area (Å²) in [5, 5.41) is 12.0. The molecule has 2 amide bonds. The van der Waals surface area contributed by atoms with Gasteiger partial charge in [-0.3, -0.25) is 4.79 Å². The van der Waals surface area contributed by atoms with Crippen molar-refractivity contribution in [1.82, 2.24) is 10.2 Å². The maximum Gasteiger partial charge on any atom is 0.317 e. The molecule has 0 aromatic rings. The quantitative estimate of drug-likeness (QED) is 0.795. The van der Waals surface area contributed by atoms with Gasteiger partial charge < -0.3 is 15.3 Å². The number of likely N-dealkylation sites (tertiary alicyclic amines) is 1. The number of nitrogens with one attached hydrogen (secondary N) is 1. The van der Waals surface area contributed by atoms with Crippen LogP contribution in [-0.2, 0) is 4.79 Å². The van der Waals surface area contributed by atoms with Crippen molar-refractivity contribution >= 4 is 12.0 Å². The molecular weight excluding hydrogens is 232 g/mol. The van der Waals surface area contributed by atoms with E-state index in [4.69, 9.17) is 5.11 Å². The van der Waals surface area contributed by atoms with Crippen LogP contribution in [0.4, 0.5) is 4.79 Å². The molecule has 0 bridgehead atoms. The highest BCUT2D eigenvalue weighted by molar-refractivity contribution is 5.76. The van der Waals surface area contributed by atoms with E-state index in [1.165, 1.54) is 12.8 Å². The van der Waals surface area contributed by atoms with Crippen LogP contribution in [0.2, 0.25) is 0 Å². The first kappa shape index (κ1) is 11.8. The maximum absolute atomic E-state index is 12.0. The highest BCUT2D eigenvalue weighted by Gasteiger charge is 2.48. The molecule has 5 nitrogen and oxygen atoms in total. The summed E-state index contributed by atoms with van der Waals surface area (Å²) in [4.78, 5) is 24.6. The monoisotopic (exact) mass is 252 g/mol. The second-order valence-corrected chi connectivity index (χ2v) is 5.89. The second-order valence-electron chi connectivity index (χ2n) is 5.89. The molecule has 100 valence electrons. The van der Waals surface area contributed by atoms with E-state index in [0.717, 1.165) is 18.3 Å². The molecule has 3 aliphatic rings. The number of urea groups is 1. The molecule has 0 aromatic heterocycles. The highest BCUT2D eigenvalue weighted by Crippen LogP contribution is 2.50. The summed E-state index contributed by atoms with van der Waals surface area (Å²) >= 11 is 0. The van der Waals surface area contributed by atoms with Crippen molar-refractivity contribution in [3.63, 3.8) is 0 Å². The molecular formula is C13H20N2O3. The molecule has 1 saturated heterocycles. The molecule has 2 N–H and O–H groups in total. The molecule has 3 rings (SSSR count). The summed E-state index contributed by atoms with van der Waals surface area (Å²) in [7, 11) is 0. The first-order chi connectivity index (χ1) is 8.65. The predicted molar refractivity (Wildman–Crippen MR) is 65.1 cm³/mol. The number of nitrogens with zero attached hydrogens (tertiary/aromatic N) is 1. The zero-order valence-corrected chi connectivity index (χ0v) is 10.5. The van der Waals surface area contributed by atoms with Gasteiger partial charge >= 0.3 is 12.0 Å². The molecule has 2 atom stereocenters. The van der Waals surface area contributed by atoms with E-state index in [1.807, 2.05) is 0 Å². The lowest BCUT2D eigenvalue weighted by atomic mass is 9.97. The number of piperidine rings is 1. The van der Waals surface area contributed by atoms with E-state index in [-0.39, 0.29) is 11.9 Å². The van der Waals surface area contributed by atoms with Crippen molar-refractivity contribution in [2.45, 2.75) is 38.1 Å². The van der Waals surface area contributed by atoms with Gasteiger partial charge in [0.25, 0.3) is 0 Å². The zero-order valence-electron chi connectivity index (χ0n) is 10.5. The summed E-state index contributed by atoms with van der Waals surface area (Å²) in [6.07, 6.45) is 4.98. The Morgan fingerprint density at radius 3 is 2.33 bits per heavy atom. The van der Waals surface area contributed by atoms with E-state index >= 15 is 0 Å². The van der Waals surface area contributed by atoms with Crippen molar-refractivity contribution in [3.8, 4) is 0 Å². The van der Waals surface area contributed by atoms with E-state index in [1.54, 1.807) is 4.90 Å². The minimum atomic E-state index is -0.731. The Kier molecular flexibility index (Phi) is 2.92. The van der Waals surface area contributed by atoms with Crippen LogP contribution in [0, 0.1) is 17.8 Å². The van der Waals surface area contributed by atoms with Gasteiger partial charge in [0, 0.05) is 19.1 Å². The van der Waals surface area contributed by atoms with Gasteiger partial charge in [-0.1, -0.05) is 0 Å². The summed E-state index contributed by atoms with van der Waals surface area (Å²) in [5.74, 6) is 0.596. The Labute approximate surface area is 107 Å². The van der Waals surface area contributed by atoms with Crippen molar-refractivity contribution in [3.05, 3.63) is 0 Å². The lowest BCUT2D eigenvalue weighted by molar-refractivity contribution is -0.143. The number of hydrogen-bond acceptors (Lipinski definition) is 2. The molecule has 18 heavy (non-hydrogen) atoms. The number of hydrogen-bond donors (Lipinski definition) is 2. The van der Waals surface area contributed by atoms with Crippen LogP contribution in [-0.4, -0.2) is 41.1 Å². The van der Waals surface area contributed by atoms with Crippen molar-refractivity contribution < 1.29 is 14.7 Å². The molecule has 0 aromatic carbocycles. The minimum Gasteiger partial charge on any atom is -0.481 e. The van der Waals surface area contributed by atoms with Crippen LogP contribution < -0.4 is 5.32 Å². The maximum atomic E-state index is 12.0. The van der Waals surface area contributed by atoms with Gasteiger partial charge in [-0.15, -0.1) is 0 Å². The summed E-state index contributed by atoms with van der Waals surface area (Å²) in [6.45, 7) is 1.15. The van der Waals surface area contributed by atoms with Crippen LogP contribution in [0.15, 0.2) is 0 Å². The Morgan fingerprint density at radius 1 is 1.11 bits per heavy atom.